The smallest absolute Gasteiger partial charge is 0.306 e. The maximum atomic E-state index is 12.0. The Morgan fingerprint density at radius 3 is 2.50 bits per heavy atom. The van der Waals surface area contributed by atoms with Crippen LogP contribution >= 0.6 is 11.3 Å². The summed E-state index contributed by atoms with van der Waals surface area (Å²) in [5.41, 5.74) is 0. The summed E-state index contributed by atoms with van der Waals surface area (Å²) in [5.74, 6) is 0.849. The second-order valence-electron chi connectivity index (χ2n) is 5.62. The van der Waals surface area contributed by atoms with Crippen LogP contribution in [0.5, 0.6) is 11.5 Å². The van der Waals surface area contributed by atoms with E-state index >= 15 is 0 Å². The number of thiophene rings is 1. The number of esters is 1. The number of rotatable bonds is 10. The third-order valence-corrected chi connectivity index (χ3v) is 4.47. The first-order chi connectivity index (χ1) is 12.6. The highest BCUT2D eigenvalue weighted by atomic mass is 32.1. The Kier molecular flexibility index (Phi) is 7.95. The summed E-state index contributed by atoms with van der Waals surface area (Å²) in [6.45, 7) is 0.678. The maximum Gasteiger partial charge on any atom is 0.306 e. The van der Waals surface area contributed by atoms with Gasteiger partial charge in [-0.3, -0.25) is 9.59 Å². The van der Waals surface area contributed by atoms with E-state index in [1.807, 2.05) is 29.6 Å². The molecule has 1 heterocycles. The molecule has 0 aliphatic carbocycles. The molecule has 0 saturated carbocycles. The predicted octanol–water partition coefficient (Wildman–Crippen LogP) is 3.12. The SMILES string of the molecule is COc1ccc(OCCCC(=O)OCC(=O)N(C)Cc2cccs2)cc1. The number of hydrogen-bond donors (Lipinski definition) is 0. The van der Waals surface area contributed by atoms with Crippen LogP contribution in [0.1, 0.15) is 17.7 Å². The Balaban J connectivity index is 1.58. The number of ether oxygens (including phenoxy) is 3. The van der Waals surface area contributed by atoms with Crippen molar-refractivity contribution in [2.75, 3.05) is 27.4 Å². The first kappa shape index (κ1) is 19.8. The number of amides is 1. The number of nitrogens with zero attached hydrogens (tertiary/aromatic N) is 1. The van der Waals surface area contributed by atoms with Crippen molar-refractivity contribution in [3.05, 3.63) is 46.7 Å². The minimum Gasteiger partial charge on any atom is -0.497 e. The van der Waals surface area contributed by atoms with Crippen molar-refractivity contribution in [3.63, 3.8) is 0 Å². The van der Waals surface area contributed by atoms with Gasteiger partial charge in [0.2, 0.25) is 0 Å². The van der Waals surface area contributed by atoms with Crippen molar-refractivity contribution in [2.24, 2.45) is 0 Å². The Morgan fingerprint density at radius 1 is 1.12 bits per heavy atom. The fourth-order valence-electron chi connectivity index (χ4n) is 2.13. The summed E-state index contributed by atoms with van der Waals surface area (Å²) in [7, 11) is 3.30. The van der Waals surface area contributed by atoms with Crippen LogP contribution < -0.4 is 9.47 Å². The number of benzene rings is 1. The van der Waals surface area contributed by atoms with E-state index in [1.165, 1.54) is 0 Å². The Bertz CT molecular complexity index is 684. The van der Waals surface area contributed by atoms with Gasteiger partial charge in [-0.2, -0.15) is 0 Å². The molecule has 0 unspecified atom stereocenters. The fraction of sp³-hybridized carbons (Fsp3) is 0.368. The molecular weight excluding hydrogens is 354 g/mol. The molecule has 2 aromatic rings. The number of methoxy groups -OCH3 is 1. The number of carbonyl (C=O) groups is 2. The van der Waals surface area contributed by atoms with E-state index in [4.69, 9.17) is 14.2 Å². The van der Waals surface area contributed by atoms with Gasteiger partial charge < -0.3 is 19.1 Å². The molecule has 0 atom stereocenters. The highest BCUT2D eigenvalue weighted by Gasteiger charge is 2.12. The van der Waals surface area contributed by atoms with E-state index in [1.54, 1.807) is 42.5 Å². The molecular formula is C19H23NO5S. The first-order valence-corrected chi connectivity index (χ1v) is 9.15. The van der Waals surface area contributed by atoms with Crippen molar-refractivity contribution in [2.45, 2.75) is 19.4 Å². The maximum absolute atomic E-state index is 12.0. The van der Waals surface area contributed by atoms with Crippen LogP contribution in [-0.2, 0) is 20.9 Å². The average molecular weight is 377 g/mol. The van der Waals surface area contributed by atoms with Gasteiger partial charge >= 0.3 is 5.97 Å². The monoisotopic (exact) mass is 377 g/mol. The standard InChI is InChI=1S/C19H23NO5S/c1-20(13-17-5-4-12-26-17)18(21)14-25-19(22)6-3-11-24-16-9-7-15(23-2)8-10-16/h4-5,7-10,12H,3,6,11,13-14H2,1-2H3. The minimum atomic E-state index is -0.402. The summed E-state index contributed by atoms with van der Waals surface area (Å²) in [6.07, 6.45) is 0.724. The lowest BCUT2D eigenvalue weighted by atomic mass is 10.3. The van der Waals surface area contributed by atoms with Crippen molar-refractivity contribution >= 4 is 23.2 Å². The lowest BCUT2D eigenvalue weighted by Crippen LogP contribution is -2.30. The lowest BCUT2D eigenvalue weighted by Gasteiger charge is -2.16. The van der Waals surface area contributed by atoms with Crippen LogP contribution in [-0.4, -0.2) is 44.1 Å². The molecule has 0 radical (unpaired) electrons. The first-order valence-electron chi connectivity index (χ1n) is 8.27. The van der Waals surface area contributed by atoms with Gasteiger partial charge in [-0.05, 0) is 42.1 Å². The van der Waals surface area contributed by atoms with Crippen molar-refractivity contribution in [1.29, 1.82) is 0 Å². The van der Waals surface area contributed by atoms with E-state index in [-0.39, 0.29) is 18.9 Å². The molecule has 0 bridgehead atoms. The van der Waals surface area contributed by atoms with Gasteiger partial charge in [0.25, 0.3) is 5.91 Å². The van der Waals surface area contributed by atoms with E-state index in [0.29, 0.717) is 25.3 Å². The van der Waals surface area contributed by atoms with Gasteiger partial charge in [0.1, 0.15) is 11.5 Å². The second kappa shape index (κ2) is 10.5. The second-order valence-corrected chi connectivity index (χ2v) is 6.65. The van der Waals surface area contributed by atoms with Gasteiger partial charge in [0.15, 0.2) is 6.61 Å². The van der Waals surface area contributed by atoms with Crippen molar-refractivity contribution in [1.82, 2.24) is 4.90 Å². The molecule has 7 heteroatoms. The summed E-state index contributed by atoms with van der Waals surface area (Å²) in [5, 5.41) is 1.96. The molecule has 0 fully saturated rings. The summed E-state index contributed by atoms with van der Waals surface area (Å²) >= 11 is 1.58. The Labute approximate surface area is 157 Å². The van der Waals surface area contributed by atoms with Crippen LogP contribution in [0.15, 0.2) is 41.8 Å². The van der Waals surface area contributed by atoms with Gasteiger partial charge in [-0.15, -0.1) is 11.3 Å². The lowest BCUT2D eigenvalue weighted by molar-refractivity contribution is -0.151. The van der Waals surface area contributed by atoms with Crippen molar-refractivity contribution < 1.29 is 23.8 Å². The molecule has 1 aromatic heterocycles. The molecule has 26 heavy (non-hydrogen) atoms. The van der Waals surface area contributed by atoms with E-state index in [9.17, 15) is 9.59 Å². The normalized spacial score (nSPS) is 10.2. The summed E-state index contributed by atoms with van der Waals surface area (Å²) in [6, 6.07) is 11.1. The fourth-order valence-corrected chi connectivity index (χ4v) is 2.88. The molecule has 0 aliphatic rings. The largest absolute Gasteiger partial charge is 0.497 e. The zero-order chi connectivity index (χ0) is 18.8. The van der Waals surface area contributed by atoms with Crippen molar-refractivity contribution in [3.8, 4) is 11.5 Å². The minimum absolute atomic E-state index is 0.206. The Hall–Kier alpha value is -2.54. The molecule has 0 N–H and O–H groups in total. The van der Waals surface area contributed by atoms with Gasteiger partial charge in [-0.1, -0.05) is 6.07 Å². The zero-order valence-corrected chi connectivity index (χ0v) is 15.8. The number of carbonyl (C=O) groups excluding carboxylic acids is 2. The molecule has 1 amide bonds. The Morgan fingerprint density at radius 2 is 1.85 bits per heavy atom. The topological polar surface area (TPSA) is 65.1 Å². The molecule has 6 nitrogen and oxygen atoms in total. The van der Waals surface area contributed by atoms with Gasteiger partial charge in [-0.25, -0.2) is 0 Å². The van der Waals surface area contributed by atoms with E-state index < -0.39 is 5.97 Å². The number of hydrogen-bond acceptors (Lipinski definition) is 6. The van der Waals surface area contributed by atoms with Crippen LogP contribution in [0, 0.1) is 0 Å². The van der Waals surface area contributed by atoms with E-state index in [2.05, 4.69) is 0 Å². The quantitative estimate of drug-likeness (QED) is 0.470. The third-order valence-electron chi connectivity index (χ3n) is 3.61. The highest BCUT2D eigenvalue weighted by Crippen LogP contribution is 2.17. The van der Waals surface area contributed by atoms with Gasteiger partial charge in [0, 0.05) is 18.3 Å². The number of likely N-dealkylation sites (N-methyl/N-ethyl adjacent to an activating group) is 1. The van der Waals surface area contributed by atoms with Crippen LogP contribution in [0.4, 0.5) is 0 Å². The summed E-state index contributed by atoms with van der Waals surface area (Å²) < 4.78 is 15.6. The molecule has 2 rings (SSSR count). The molecule has 0 aliphatic heterocycles. The predicted molar refractivity (Wildman–Crippen MR) is 99.5 cm³/mol. The van der Waals surface area contributed by atoms with Crippen LogP contribution in [0.25, 0.3) is 0 Å². The average Bonchev–Trinajstić information content (AvgIpc) is 3.16. The van der Waals surface area contributed by atoms with E-state index in [0.717, 1.165) is 10.6 Å². The van der Waals surface area contributed by atoms with Crippen LogP contribution in [0.3, 0.4) is 0 Å². The van der Waals surface area contributed by atoms with Crippen LogP contribution in [0.2, 0.25) is 0 Å². The summed E-state index contributed by atoms with van der Waals surface area (Å²) in [4.78, 5) is 26.3. The molecule has 0 saturated heterocycles. The molecule has 140 valence electrons. The molecule has 0 spiro atoms. The third kappa shape index (κ3) is 6.76. The molecule has 1 aromatic carbocycles. The highest BCUT2D eigenvalue weighted by molar-refractivity contribution is 7.09. The zero-order valence-electron chi connectivity index (χ0n) is 15.0. The van der Waals surface area contributed by atoms with Gasteiger partial charge in [0.05, 0.1) is 20.3 Å².